The Morgan fingerprint density at radius 2 is 1.72 bits per heavy atom. The van der Waals surface area contributed by atoms with E-state index in [4.69, 9.17) is 4.74 Å². The number of aryl methyl sites for hydroxylation is 1. The lowest BCUT2D eigenvalue weighted by Crippen LogP contribution is -2.30. The van der Waals surface area contributed by atoms with Crippen molar-refractivity contribution in [2.75, 3.05) is 19.7 Å². The fraction of sp³-hybridized carbons (Fsp3) is 0.533. The molecule has 100 valence electrons. The number of likely N-dealkylation sites (N-methyl/N-ethyl adjacent to an activating group) is 1. The van der Waals surface area contributed by atoms with E-state index < -0.39 is 0 Å². The first-order valence-corrected chi connectivity index (χ1v) is 6.65. The van der Waals surface area contributed by atoms with E-state index in [-0.39, 0.29) is 5.97 Å². The van der Waals surface area contributed by atoms with Crippen LogP contribution >= 0.6 is 0 Å². The molecule has 0 aromatic heterocycles. The van der Waals surface area contributed by atoms with Crippen molar-refractivity contribution < 1.29 is 9.53 Å². The quantitative estimate of drug-likeness (QED) is 0.696. The van der Waals surface area contributed by atoms with E-state index in [1.807, 2.05) is 6.92 Å². The van der Waals surface area contributed by atoms with Crippen molar-refractivity contribution in [3.05, 3.63) is 35.4 Å². The van der Waals surface area contributed by atoms with E-state index in [1.165, 1.54) is 11.1 Å². The van der Waals surface area contributed by atoms with Crippen LogP contribution in [0.25, 0.3) is 0 Å². The molecule has 1 rings (SSSR count). The summed E-state index contributed by atoms with van der Waals surface area (Å²) < 4.78 is 4.97. The van der Waals surface area contributed by atoms with Gasteiger partial charge in [-0.2, -0.15) is 0 Å². The fourth-order valence-electron chi connectivity index (χ4n) is 1.81. The first-order valence-electron chi connectivity index (χ1n) is 6.65. The molecule has 0 N–H and O–H groups in total. The molecule has 0 aliphatic rings. The Labute approximate surface area is 110 Å². The third kappa shape index (κ3) is 4.88. The van der Waals surface area contributed by atoms with Crippen molar-refractivity contribution >= 4 is 5.97 Å². The van der Waals surface area contributed by atoms with Gasteiger partial charge in [-0.3, -0.25) is 9.69 Å². The molecule has 0 amide bonds. The molecule has 0 bridgehead atoms. The maximum Gasteiger partial charge on any atom is 0.320 e. The standard InChI is InChI=1S/C15H23NO2/c1-4-13-7-9-14(10-8-13)11-16(5-2)12-15(17)18-6-3/h7-10H,4-6,11-12H2,1-3H3. The highest BCUT2D eigenvalue weighted by Gasteiger charge is 2.10. The van der Waals surface area contributed by atoms with E-state index in [0.717, 1.165) is 19.5 Å². The minimum atomic E-state index is -0.149. The summed E-state index contributed by atoms with van der Waals surface area (Å²) in [6.45, 7) is 8.47. The van der Waals surface area contributed by atoms with Gasteiger partial charge in [-0.25, -0.2) is 0 Å². The smallest absolute Gasteiger partial charge is 0.320 e. The lowest BCUT2D eigenvalue weighted by atomic mass is 10.1. The second kappa shape index (κ2) is 7.88. The number of ether oxygens (including phenoxy) is 1. The molecule has 0 unspecified atom stereocenters. The molecule has 0 atom stereocenters. The molecule has 0 saturated carbocycles. The summed E-state index contributed by atoms with van der Waals surface area (Å²) in [5, 5.41) is 0. The predicted octanol–water partition coefficient (Wildman–Crippen LogP) is 2.63. The number of carbonyl (C=O) groups is 1. The molecule has 18 heavy (non-hydrogen) atoms. The number of hydrogen-bond donors (Lipinski definition) is 0. The molecule has 1 aromatic rings. The molecule has 3 nitrogen and oxygen atoms in total. The van der Waals surface area contributed by atoms with Crippen LogP contribution in [0.2, 0.25) is 0 Å². The molecule has 0 aliphatic carbocycles. The Morgan fingerprint density at radius 3 is 2.22 bits per heavy atom. The SMILES string of the molecule is CCOC(=O)CN(CC)Cc1ccc(CC)cc1. The van der Waals surface area contributed by atoms with Gasteiger partial charge >= 0.3 is 5.97 Å². The van der Waals surface area contributed by atoms with Crippen molar-refractivity contribution in [2.45, 2.75) is 33.7 Å². The molecule has 0 aliphatic heterocycles. The van der Waals surface area contributed by atoms with Gasteiger partial charge < -0.3 is 4.74 Å². The van der Waals surface area contributed by atoms with Gasteiger partial charge in [-0.05, 0) is 31.0 Å². The topological polar surface area (TPSA) is 29.5 Å². The van der Waals surface area contributed by atoms with Crippen molar-refractivity contribution in [3.8, 4) is 0 Å². The Balaban J connectivity index is 2.53. The van der Waals surface area contributed by atoms with Crippen LogP contribution in [-0.2, 0) is 22.5 Å². The second-order valence-corrected chi connectivity index (χ2v) is 4.28. The maximum atomic E-state index is 11.4. The zero-order valence-corrected chi connectivity index (χ0v) is 11.6. The number of benzene rings is 1. The summed E-state index contributed by atoms with van der Waals surface area (Å²) in [6.07, 6.45) is 1.06. The van der Waals surface area contributed by atoms with Crippen molar-refractivity contribution in [1.82, 2.24) is 4.90 Å². The fourth-order valence-corrected chi connectivity index (χ4v) is 1.81. The van der Waals surface area contributed by atoms with Crippen molar-refractivity contribution in [2.24, 2.45) is 0 Å². The summed E-state index contributed by atoms with van der Waals surface area (Å²) in [5.74, 6) is -0.149. The first-order chi connectivity index (χ1) is 8.69. The summed E-state index contributed by atoms with van der Waals surface area (Å²) in [5.41, 5.74) is 2.57. The lowest BCUT2D eigenvalue weighted by Gasteiger charge is -2.19. The maximum absolute atomic E-state index is 11.4. The zero-order chi connectivity index (χ0) is 13.4. The highest BCUT2D eigenvalue weighted by atomic mass is 16.5. The molecule has 0 saturated heterocycles. The van der Waals surface area contributed by atoms with Gasteiger partial charge in [0.1, 0.15) is 0 Å². The largest absolute Gasteiger partial charge is 0.465 e. The molecule has 3 heteroatoms. The monoisotopic (exact) mass is 249 g/mol. The number of carbonyl (C=O) groups excluding carboxylic acids is 1. The molecule has 0 heterocycles. The molecular formula is C15H23NO2. The summed E-state index contributed by atoms with van der Waals surface area (Å²) in [6, 6.07) is 8.56. The van der Waals surface area contributed by atoms with E-state index in [2.05, 4.69) is 43.0 Å². The van der Waals surface area contributed by atoms with Crippen molar-refractivity contribution in [1.29, 1.82) is 0 Å². The Bertz CT molecular complexity index is 359. The van der Waals surface area contributed by atoms with Crippen LogP contribution in [0.5, 0.6) is 0 Å². The zero-order valence-electron chi connectivity index (χ0n) is 11.6. The normalized spacial score (nSPS) is 10.7. The van der Waals surface area contributed by atoms with Crippen LogP contribution in [0.15, 0.2) is 24.3 Å². The highest BCUT2D eigenvalue weighted by molar-refractivity contribution is 5.71. The summed E-state index contributed by atoms with van der Waals surface area (Å²) in [7, 11) is 0. The Morgan fingerprint density at radius 1 is 1.11 bits per heavy atom. The average molecular weight is 249 g/mol. The van der Waals surface area contributed by atoms with E-state index >= 15 is 0 Å². The number of rotatable bonds is 7. The van der Waals surface area contributed by atoms with Crippen LogP contribution in [0.3, 0.4) is 0 Å². The molecule has 0 radical (unpaired) electrons. The molecule has 1 aromatic carbocycles. The predicted molar refractivity (Wildman–Crippen MR) is 73.4 cm³/mol. The number of hydrogen-bond acceptors (Lipinski definition) is 3. The highest BCUT2D eigenvalue weighted by Crippen LogP contribution is 2.08. The van der Waals surface area contributed by atoms with E-state index in [0.29, 0.717) is 13.2 Å². The number of esters is 1. The summed E-state index contributed by atoms with van der Waals surface area (Å²) in [4.78, 5) is 13.5. The van der Waals surface area contributed by atoms with Crippen LogP contribution < -0.4 is 0 Å². The van der Waals surface area contributed by atoms with Crippen LogP contribution in [0.4, 0.5) is 0 Å². The van der Waals surface area contributed by atoms with Crippen LogP contribution in [-0.4, -0.2) is 30.6 Å². The van der Waals surface area contributed by atoms with Gasteiger partial charge in [0, 0.05) is 6.54 Å². The van der Waals surface area contributed by atoms with Gasteiger partial charge in [0.2, 0.25) is 0 Å². The third-order valence-electron chi connectivity index (χ3n) is 2.94. The Hall–Kier alpha value is -1.35. The van der Waals surface area contributed by atoms with Crippen LogP contribution in [0, 0.1) is 0 Å². The van der Waals surface area contributed by atoms with Gasteiger partial charge in [0.15, 0.2) is 0 Å². The van der Waals surface area contributed by atoms with Gasteiger partial charge in [-0.1, -0.05) is 38.1 Å². The molecule has 0 spiro atoms. The first kappa shape index (κ1) is 14.7. The summed E-state index contributed by atoms with van der Waals surface area (Å²) >= 11 is 0. The minimum absolute atomic E-state index is 0.149. The van der Waals surface area contributed by atoms with E-state index in [9.17, 15) is 4.79 Å². The minimum Gasteiger partial charge on any atom is -0.465 e. The number of nitrogens with zero attached hydrogens (tertiary/aromatic N) is 1. The van der Waals surface area contributed by atoms with E-state index in [1.54, 1.807) is 0 Å². The van der Waals surface area contributed by atoms with Gasteiger partial charge in [-0.15, -0.1) is 0 Å². The lowest BCUT2D eigenvalue weighted by molar-refractivity contribution is -0.144. The van der Waals surface area contributed by atoms with Crippen LogP contribution in [0.1, 0.15) is 31.9 Å². The van der Waals surface area contributed by atoms with Gasteiger partial charge in [0.25, 0.3) is 0 Å². The second-order valence-electron chi connectivity index (χ2n) is 4.28. The average Bonchev–Trinajstić information content (AvgIpc) is 2.39. The Kier molecular flexibility index (Phi) is 6.44. The van der Waals surface area contributed by atoms with Crippen molar-refractivity contribution in [3.63, 3.8) is 0 Å². The van der Waals surface area contributed by atoms with Gasteiger partial charge in [0.05, 0.1) is 13.2 Å². The molecular weight excluding hydrogens is 226 g/mol. The molecule has 0 fully saturated rings. The third-order valence-corrected chi connectivity index (χ3v) is 2.94.